The van der Waals surface area contributed by atoms with E-state index in [9.17, 15) is 13.6 Å². The molecule has 0 radical (unpaired) electrons. The minimum Gasteiger partial charge on any atom is -0.337 e. The largest absolute Gasteiger partial charge is 0.337 e. The number of rotatable bonds is 3. The molecule has 15 heavy (non-hydrogen) atoms. The molecule has 1 aromatic carbocycles. The van der Waals surface area contributed by atoms with Gasteiger partial charge in [0.05, 0.1) is 0 Å². The third-order valence-electron chi connectivity index (χ3n) is 1.75. The zero-order valence-corrected chi connectivity index (χ0v) is 7.89. The minimum absolute atomic E-state index is 0.256. The molecule has 1 aromatic rings. The van der Waals surface area contributed by atoms with Crippen molar-refractivity contribution < 1.29 is 13.6 Å². The highest BCUT2D eigenvalue weighted by atomic mass is 19.1. The van der Waals surface area contributed by atoms with Crippen LogP contribution in [0.25, 0.3) is 0 Å². The molecule has 0 saturated heterocycles. The van der Waals surface area contributed by atoms with Crippen molar-refractivity contribution in [1.29, 1.82) is 0 Å². The van der Waals surface area contributed by atoms with Crippen LogP contribution in [0.4, 0.5) is 13.6 Å². The van der Waals surface area contributed by atoms with Crippen molar-refractivity contribution >= 4 is 6.03 Å². The molecule has 0 saturated carbocycles. The summed E-state index contributed by atoms with van der Waals surface area (Å²) >= 11 is 0. The van der Waals surface area contributed by atoms with E-state index >= 15 is 0 Å². The highest BCUT2D eigenvalue weighted by Crippen LogP contribution is 2.07. The Hall–Kier alpha value is -1.69. The lowest BCUT2D eigenvalue weighted by Crippen LogP contribution is -2.40. The van der Waals surface area contributed by atoms with Crippen LogP contribution in [0.15, 0.2) is 18.2 Å². The van der Waals surface area contributed by atoms with Crippen LogP contribution in [0.1, 0.15) is 5.56 Å². The summed E-state index contributed by atoms with van der Waals surface area (Å²) in [6, 6.07) is 2.69. The number of urea groups is 1. The monoisotopic (exact) mass is 215 g/mol. The van der Waals surface area contributed by atoms with Crippen molar-refractivity contribution in [1.82, 2.24) is 10.7 Å². The first-order valence-corrected chi connectivity index (χ1v) is 4.31. The molecule has 0 heterocycles. The van der Waals surface area contributed by atoms with Crippen molar-refractivity contribution in [2.75, 3.05) is 6.54 Å². The molecule has 0 aromatic heterocycles. The topological polar surface area (TPSA) is 67.1 Å². The van der Waals surface area contributed by atoms with Gasteiger partial charge in [0.2, 0.25) is 0 Å². The van der Waals surface area contributed by atoms with Gasteiger partial charge in [-0.2, -0.15) is 0 Å². The predicted octanol–water partition coefficient (Wildman–Crippen LogP) is 0.680. The molecule has 1 rings (SSSR count). The molecule has 0 aliphatic rings. The van der Waals surface area contributed by atoms with Crippen molar-refractivity contribution in [2.24, 2.45) is 5.84 Å². The Morgan fingerprint density at radius 3 is 2.40 bits per heavy atom. The number of halogens is 2. The van der Waals surface area contributed by atoms with E-state index in [-0.39, 0.29) is 6.54 Å². The Morgan fingerprint density at radius 1 is 1.27 bits per heavy atom. The maximum Gasteiger partial charge on any atom is 0.328 e. The van der Waals surface area contributed by atoms with Crippen LogP contribution in [-0.4, -0.2) is 12.6 Å². The van der Waals surface area contributed by atoms with E-state index in [4.69, 9.17) is 5.84 Å². The summed E-state index contributed by atoms with van der Waals surface area (Å²) in [6.07, 6.45) is 0.335. The van der Waals surface area contributed by atoms with Crippen molar-refractivity contribution in [3.63, 3.8) is 0 Å². The molecule has 0 atom stereocenters. The van der Waals surface area contributed by atoms with Gasteiger partial charge < -0.3 is 5.32 Å². The molecule has 82 valence electrons. The van der Waals surface area contributed by atoms with Crippen LogP contribution in [-0.2, 0) is 6.42 Å². The van der Waals surface area contributed by atoms with E-state index in [1.54, 1.807) is 0 Å². The number of carbonyl (C=O) groups excluding carboxylic acids is 1. The van der Waals surface area contributed by atoms with Crippen molar-refractivity contribution in [3.8, 4) is 0 Å². The van der Waals surface area contributed by atoms with Crippen LogP contribution in [0.2, 0.25) is 0 Å². The Morgan fingerprint density at radius 2 is 1.87 bits per heavy atom. The number of hydrogen-bond donors (Lipinski definition) is 3. The number of amides is 2. The first-order valence-electron chi connectivity index (χ1n) is 4.31. The molecule has 0 spiro atoms. The highest BCUT2D eigenvalue weighted by Gasteiger charge is 2.01. The van der Waals surface area contributed by atoms with Gasteiger partial charge in [-0.1, -0.05) is 0 Å². The zero-order chi connectivity index (χ0) is 11.3. The number of hydrogen-bond acceptors (Lipinski definition) is 2. The molecule has 0 aliphatic heterocycles. The first-order chi connectivity index (χ1) is 7.11. The number of nitrogens with two attached hydrogens (primary N) is 1. The quantitative estimate of drug-likeness (QED) is 0.394. The Labute approximate surface area is 85.4 Å². The molecule has 6 heteroatoms. The number of nitrogens with one attached hydrogen (secondary N) is 2. The molecule has 0 unspecified atom stereocenters. The van der Waals surface area contributed by atoms with Gasteiger partial charge in [-0.15, -0.1) is 0 Å². The molecule has 0 fully saturated rings. The van der Waals surface area contributed by atoms with Crippen LogP contribution >= 0.6 is 0 Å². The summed E-state index contributed by atoms with van der Waals surface area (Å²) in [5, 5.41) is 2.40. The lowest BCUT2D eigenvalue weighted by molar-refractivity contribution is 0.241. The van der Waals surface area contributed by atoms with E-state index in [2.05, 4.69) is 5.32 Å². The third kappa shape index (κ3) is 3.90. The van der Waals surface area contributed by atoms with Crippen LogP contribution < -0.4 is 16.6 Å². The van der Waals surface area contributed by atoms with Gasteiger partial charge in [-0.25, -0.2) is 19.4 Å². The predicted molar refractivity (Wildman–Crippen MR) is 50.8 cm³/mol. The smallest absolute Gasteiger partial charge is 0.328 e. The first kappa shape index (κ1) is 11.4. The minimum atomic E-state index is -0.631. The fraction of sp³-hybridized carbons (Fsp3) is 0.222. The molecular formula is C9H11F2N3O. The molecule has 4 N–H and O–H groups in total. The molecule has 0 aliphatic carbocycles. The number of benzene rings is 1. The van der Waals surface area contributed by atoms with Gasteiger partial charge in [-0.3, -0.25) is 5.43 Å². The molecular weight excluding hydrogens is 204 g/mol. The summed E-state index contributed by atoms with van der Waals surface area (Å²) in [7, 11) is 0. The van der Waals surface area contributed by atoms with Crippen LogP contribution in [0.3, 0.4) is 0 Å². The van der Waals surface area contributed by atoms with E-state index in [1.807, 2.05) is 5.43 Å². The Bertz CT molecular complexity index is 337. The van der Waals surface area contributed by atoms with Crippen LogP contribution in [0.5, 0.6) is 0 Å². The zero-order valence-electron chi connectivity index (χ0n) is 7.89. The van der Waals surface area contributed by atoms with E-state index < -0.39 is 17.7 Å². The fourth-order valence-corrected chi connectivity index (χ4v) is 1.13. The van der Waals surface area contributed by atoms with Crippen molar-refractivity contribution in [2.45, 2.75) is 6.42 Å². The third-order valence-corrected chi connectivity index (χ3v) is 1.75. The normalized spacial score (nSPS) is 9.80. The van der Waals surface area contributed by atoms with E-state index in [1.165, 1.54) is 12.1 Å². The second-order valence-corrected chi connectivity index (χ2v) is 2.93. The lowest BCUT2D eigenvalue weighted by Gasteiger charge is -2.04. The van der Waals surface area contributed by atoms with E-state index in [0.717, 1.165) is 6.07 Å². The summed E-state index contributed by atoms with van der Waals surface area (Å²) < 4.78 is 25.4. The molecule has 4 nitrogen and oxygen atoms in total. The summed E-state index contributed by atoms with van der Waals surface area (Å²) in [4.78, 5) is 10.6. The maximum atomic E-state index is 12.7. The van der Waals surface area contributed by atoms with Gasteiger partial charge in [0, 0.05) is 12.6 Å². The Kier molecular flexibility index (Phi) is 3.99. The molecule has 2 amide bonds. The standard InChI is InChI=1S/C9H11F2N3O/c10-7-3-6(4-8(11)5-7)1-2-13-9(15)14-12/h3-5H,1-2,12H2,(H2,13,14,15). The van der Waals surface area contributed by atoms with Gasteiger partial charge in [-0.05, 0) is 24.1 Å². The fourth-order valence-electron chi connectivity index (χ4n) is 1.13. The van der Waals surface area contributed by atoms with Crippen molar-refractivity contribution in [3.05, 3.63) is 35.4 Å². The number of hydrazine groups is 1. The summed E-state index contributed by atoms with van der Waals surface area (Å²) in [5.41, 5.74) is 2.35. The lowest BCUT2D eigenvalue weighted by atomic mass is 10.1. The molecule has 0 bridgehead atoms. The van der Waals surface area contributed by atoms with Gasteiger partial charge >= 0.3 is 6.03 Å². The van der Waals surface area contributed by atoms with E-state index in [0.29, 0.717) is 12.0 Å². The second-order valence-electron chi connectivity index (χ2n) is 2.93. The average molecular weight is 215 g/mol. The SMILES string of the molecule is NNC(=O)NCCc1cc(F)cc(F)c1. The average Bonchev–Trinajstić information content (AvgIpc) is 2.16. The summed E-state index contributed by atoms with van der Waals surface area (Å²) in [6.45, 7) is 0.256. The van der Waals surface area contributed by atoms with Gasteiger partial charge in [0.15, 0.2) is 0 Å². The Balaban J connectivity index is 2.47. The van der Waals surface area contributed by atoms with Crippen LogP contribution in [0, 0.1) is 11.6 Å². The summed E-state index contributed by atoms with van der Waals surface area (Å²) in [5.74, 6) is 3.56. The maximum absolute atomic E-state index is 12.7. The van der Waals surface area contributed by atoms with Gasteiger partial charge in [0.25, 0.3) is 0 Å². The van der Waals surface area contributed by atoms with Gasteiger partial charge in [0.1, 0.15) is 11.6 Å². The number of carbonyl (C=O) groups is 1. The second kappa shape index (κ2) is 5.26. The highest BCUT2D eigenvalue weighted by molar-refractivity contribution is 5.72.